The van der Waals surface area contributed by atoms with Crippen LogP contribution in [0.4, 0.5) is 10.2 Å². The molecule has 3 aromatic rings. The molecule has 2 aromatic carbocycles. The van der Waals surface area contributed by atoms with Crippen molar-refractivity contribution < 1.29 is 18.7 Å². The van der Waals surface area contributed by atoms with Crippen LogP contribution in [0, 0.1) is 5.82 Å². The molecule has 7 heteroatoms. The first-order chi connectivity index (χ1) is 15.0. The highest BCUT2D eigenvalue weighted by Gasteiger charge is 2.24. The van der Waals surface area contributed by atoms with Crippen LogP contribution in [0.5, 0.6) is 0 Å². The number of nitrogens with zero attached hydrogens (tertiary/aromatic N) is 3. The lowest BCUT2D eigenvalue weighted by molar-refractivity contribution is -0.133. The van der Waals surface area contributed by atoms with E-state index < -0.39 is 18.5 Å². The number of hydrogen-bond donors (Lipinski definition) is 0. The highest BCUT2D eigenvalue weighted by molar-refractivity contribution is 6.00. The Hall–Kier alpha value is -3.48. The lowest BCUT2D eigenvalue weighted by Gasteiger charge is -2.21. The predicted octanol–water partition coefficient (Wildman–Crippen LogP) is 3.79. The molecule has 1 saturated heterocycles. The van der Waals surface area contributed by atoms with Gasteiger partial charge in [-0.25, -0.2) is 14.2 Å². The summed E-state index contributed by atoms with van der Waals surface area (Å²) in [6, 6.07) is 15.6. The summed E-state index contributed by atoms with van der Waals surface area (Å²) in [5.74, 6) is -0.786. The van der Waals surface area contributed by atoms with Gasteiger partial charge in [0.1, 0.15) is 17.2 Å². The molecule has 0 spiro atoms. The van der Waals surface area contributed by atoms with Crippen LogP contribution < -0.4 is 4.90 Å². The van der Waals surface area contributed by atoms with Gasteiger partial charge in [-0.1, -0.05) is 36.4 Å². The number of pyridine rings is 1. The first-order valence-electron chi connectivity index (χ1n) is 10.3. The molecule has 6 nitrogen and oxygen atoms in total. The van der Waals surface area contributed by atoms with E-state index >= 15 is 0 Å². The number of anilines is 1. The van der Waals surface area contributed by atoms with Gasteiger partial charge in [0, 0.05) is 37.6 Å². The first kappa shape index (κ1) is 20.8. The molecule has 1 aliphatic heterocycles. The third-order valence-corrected chi connectivity index (χ3v) is 5.45. The number of rotatable bonds is 6. The van der Waals surface area contributed by atoms with E-state index in [2.05, 4.69) is 4.90 Å². The fourth-order valence-corrected chi connectivity index (χ4v) is 3.71. The molecule has 0 radical (unpaired) electrons. The summed E-state index contributed by atoms with van der Waals surface area (Å²) in [5.41, 5.74) is 1.56. The topological polar surface area (TPSA) is 62.7 Å². The molecule has 4 rings (SSSR count). The number of hydrogen-bond acceptors (Lipinski definition) is 5. The second-order valence-electron chi connectivity index (χ2n) is 7.66. The van der Waals surface area contributed by atoms with Gasteiger partial charge in [-0.05, 0) is 31.0 Å². The van der Waals surface area contributed by atoms with Crippen LogP contribution in [0.15, 0.2) is 54.6 Å². The maximum absolute atomic E-state index is 13.8. The standard InChI is InChI=1S/C24H24FN3O3/c1-27(15-18-9-2-4-10-20(18)25)22(29)16-31-24(30)19-14-17-8-3-5-11-21(17)26-23(19)28-12-6-7-13-28/h2-5,8-11,14H,6-7,12-13,15-16H2,1H3. The summed E-state index contributed by atoms with van der Waals surface area (Å²) in [7, 11) is 1.55. The zero-order valence-electron chi connectivity index (χ0n) is 17.4. The van der Waals surface area contributed by atoms with Crippen LogP contribution in [0.2, 0.25) is 0 Å². The fraction of sp³-hybridized carbons (Fsp3) is 0.292. The molecular formula is C24H24FN3O3. The van der Waals surface area contributed by atoms with E-state index in [4.69, 9.17) is 9.72 Å². The largest absolute Gasteiger partial charge is 0.452 e. The number of ether oxygens (including phenoxy) is 1. The van der Waals surface area contributed by atoms with E-state index in [1.165, 1.54) is 11.0 Å². The number of aromatic nitrogens is 1. The Morgan fingerprint density at radius 2 is 1.81 bits per heavy atom. The molecule has 0 atom stereocenters. The molecule has 2 heterocycles. The smallest absolute Gasteiger partial charge is 0.342 e. The molecule has 0 N–H and O–H groups in total. The molecule has 0 bridgehead atoms. The number of amides is 1. The van der Waals surface area contributed by atoms with Crippen LogP contribution in [0.1, 0.15) is 28.8 Å². The van der Waals surface area contributed by atoms with Crippen molar-refractivity contribution in [3.8, 4) is 0 Å². The summed E-state index contributed by atoms with van der Waals surface area (Å²) in [5, 5.41) is 0.834. The summed E-state index contributed by atoms with van der Waals surface area (Å²) in [6.45, 7) is 1.33. The van der Waals surface area contributed by atoms with E-state index in [-0.39, 0.29) is 12.4 Å². The van der Waals surface area contributed by atoms with Crippen molar-refractivity contribution in [3.05, 3.63) is 71.5 Å². The van der Waals surface area contributed by atoms with Gasteiger partial charge in [0.25, 0.3) is 5.91 Å². The molecule has 1 fully saturated rings. The van der Waals surface area contributed by atoms with Crippen LogP contribution in [-0.4, -0.2) is 48.5 Å². The zero-order valence-corrected chi connectivity index (χ0v) is 17.4. The third kappa shape index (κ3) is 4.66. The number of fused-ring (bicyclic) bond motifs is 1. The number of benzene rings is 2. The van der Waals surface area contributed by atoms with Crippen molar-refractivity contribution >= 4 is 28.6 Å². The maximum Gasteiger partial charge on any atom is 0.342 e. The van der Waals surface area contributed by atoms with Gasteiger partial charge in [0.15, 0.2) is 6.61 Å². The van der Waals surface area contributed by atoms with Gasteiger partial charge in [0.2, 0.25) is 0 Å². The van der Waals surface area contributed by atoms with Gasteiger partial charge >= 0.3 is 5.97 Å². The molecule has 1 aromatic heterocycles. The van der Waals surface area contributed by atoms with E-state index in [0.717, 1.165) is 36.8 Å². The van der Waals surface area contributed by atoms with Gasteiger partial charge in [-0.3, -0.25) is 4.79 Å². The lowest BCUT2D eigenvalue weighted by atomic mass is 10.1. The molecular weight excluding hydrogens is 397 g/mol. The molecule has 1 aliphatic rings. The number of likely N-dealkylation sites (N-methyl/N-ethyl adjacent to an activating group) is 1. The van der Waals surface area contributed by atoms with Gasteiger partial charge < -0.3 is 14.5 Å². The fourth-order valence-electron chi connectivity index (χ4n) is 3.71. The van der Waals surface area contributed by atoms with E-state index in [0.29, 0.717) is 16.9 Å². The number of carbonyl (C=O) groups excluding carboxylic acids is 2. The van der Waals surface area contributed by atoms with E-state index in [1.54, 1.807) is 31.3 Å². The normalized spacial score (nSPS) is 13.4. The van der Waals surface area contributed by atoms with Crippen molar-refractivity contribution in [2.75, 3.05) is 31.6 Å². The SMILES string of the molecule is CN(Cc1ccccc1F)C(=O)COC(=O)c1cc2ccccc2nc1N1CCCC1. The number of carbonyl (C=O) groups is 2. The van der Waals surface area contributed by atoms with E-state index in [1.807, 2.05) is 24.3 Å². The second kappa shape index (κ2) is 9.12. The zero-order chi connectivity index (χ0) is 21.8. The Labute approximate surface area is 180 Å². The monoisotopic (exact) mass is 421 g/mol. The van der Waals surface area contributed by atoms with Crippen molar-refractivity contribution in [1.29, 1.82) is 0 Å². The predicted molar refractivity (Wildman–Crippen MR) is 116 cm³/mol. The summed E-state index contributed by atoms with van der Waals surface area (Å²) in [4.78, 5) is 33.4. The highest BCUT2D eigenvalue weighted by Crippen LogP contribution is 2.27. The number of para-hydroxylation sites is 1. The first-order valence-corrected chi connectivity index (χ1v) is 10.3. The maximum atomic E-state index is 13.8. The molecule has 1 amide bonds. The molecule has 31 heavy (non-hydrogen) atoms. The Balaban J connectivity index is 1.48. The minimum Gasteiger partial charge on any atom is -0.452 e. The average Bonchev–Trinajstić information content (AvgIpc) is 3.32. The summed E-state index contributed by atoms with van der Waals surface area (Å²) >= 11 is 0. The van der Waals surface area contributed by atoms with Crippen molar-refractivity contribution in [1.82, 2.24) is 9.88 Å². The third-order valence-electron chi connectivity index (χ3n) is 5.45. The summed E-state index contributed by atoms with van der Waals surface area (Å²) in [6.07, 6.45) is 2.09. The van der Waals surface area contributed by atoms with Crippen molar-refractivity contribution in [2.24, 2.45) is 0 Å². The van der Waals surface area contributed by atoms with Crippen LogP contribution in [0.3, 0.4) is 0 Å². The Morgan fingerprint density at radius 1 is 1.10 bits per heavy atom. The van der Waals surface area contributed by atoms with Gasteiger partial charge in [0.05, 0.1) is 5.52 Å². The lowest BCUT2D eigenvalue weighted by Crippen LogP contribution is -2.31. The number of esters is 1. The highest BCUT2D eigenvalue weighted by atomic mass is 19.1. The quantitative estimate of drug-likeness (QED) is 0.567. The van der Waals surface area contributed by atoms with Crippen molar-refractivity contribution in [2.45, 2.75) is 19.4 Å². The Bertz CT molecular complexity index is 1110. The van der Waals surface area contributed by atoms with Gasteiger partial charge in [-0.2, -0.15) is 0 Å². The van der Waals surface area contributed by atoms with Crippen LogP contribution in [-0.2, 0) is 16.1 Å². The number of halogens is 1. The molecule has 0 saturated carbocycles. The van der Waals surface area contributed by atoms with Crippen LogP contribution >= 0.6 is 0 Å². The Morgan fingerprint density at radius 3 is 2.58 bits per heavy atom. The second-order valence-corrected chi connectivity index (χ2v) is 7.66. The minimum absolute atomic E-state index is 0.0968. The molecule has 0 unspecified atom stereocenters. The van der Waals surface area contributed by atoms with E-state index in [9.17, 15) is 14.0 Å². The van der Waals surface area contributed by atoms with Gasteiger partial charge in [-0.15, -0.1) is 0 Å². The van der Waals surface area contributed by atoms with Crippen molar-refractivity contribution in [3.63, 3.8) is 0 Å². The summed E-state index contributed by atoms with van der Waals surface area (Å²) < 4.78 is 19.2. The van der Waals surface area contributed by atoms with Crippen LogP contribution in [0.25, 0.3) is 10.9 Å². The minimum atomic E-state index is -0.590. The average molecular weight is 421 g/mol. The Kier molecular flexibility index (Phi) is 6.11. The molecule has 160 valence electrons. The molecule has 0 aliphatic carbocycles.